The van der Waals surface area contributed by atoms with Crippen molar-refractivity contribution in [2.24, 2.45) is 13.0 Å². The van der Waals surface area contributed by atoms with Gasteiger partial charge >= 0.3 is 5.69 Å². The summed E-state index contributed by atoms with van der Waals surface area (Å²) in [5, 5.41) is 9.44. The van der Waals surface area contributed by atoms with Gasteiger partial charge in [0.2, 0.25) is 0 Å². The largest absolute Gasteiger partial charge is 0.333 e. The zero-order valence-electron chi connectivity index (χ0n) is 19.9. The minimum absolute atomic E-state index is 0.140. The van der Waals surface area contributed by atoms with Crippen LogP contribution in [0.2, 0.25) is 0 Å². The average Bonchev–Trinajstić information content (AvgIpc) is 3.65. The molecule has 1 unspecified atom stereocenters. The third-order valence-corrected chi connectivity index (χ3v) is 6.57. The van der Waals surface area contributed by atoms with E-state index in [1.165, 1.54) is 16.7 Å². The van der Waals surface area contributed by atoms with Crippen LogP contribution in [0.25, 0.3) is 22.6 Å². The maximum atomic E-state index is 13.1. The summed E-state index contributed by atoms with van der Waals surface area (Å²) in [5.74, 6) is 0.465. The van der Waals surface area contributed by atoms with Crippen molar-refractivity contribution in [2.45, 2.75) is 32.6 Å². The molecule has 2 aliphatic carbocycles. The molecule has 0 spiro atoms. The number of hydrogen-bond donors (Lipinski definition) is 0. The summed E-state index contributed by atoms with van der Waals surface area (Å²) in [7, 11) is 1.75. The van der Waals surface area contributed by atoms with E-state index in [0.29, 0.717) is 5.92 Å². The first-order valence-electron chi connectivity index (χ1n) is 11.5. The molecule has 5 nitrogen and oxygen atoms in total. The Morgan fingerprint density at radius 2 is 1.88 bits per heavy atom. The normalized spacial score (nSPS) is 17.5. The number of allylic oxidation sites excluding steroid dienone is 6. The quantitative estimate of drug-likeness (QED) is 0.516. The molecule has 0 bridgehead atoms. The van der Waals surface area contributed by atoms with Gasteiger partial charge in [0, 0.05) is 25.9 Å². The van der Waals surface area contributed by atoms with Gasteiger partial charge in [0.05, 0.1) is 28.6 Å². The van der Waals surface area contributed by atoms with Gasteiger partial charge in [0.25, 0.3) is 0 Å². The lowest BCUT2D eigenvalue weighted by atomic mass is 9.86. The molecular weight excluding hydrogens is 420 g/mol. The molecule has 0 aliphatic heterocycles. The topological polar surface area (TPSA) is 63.6 Å². The van der Waals surface area contributed by atoms with Crippen molar-refractivity contribution in [1.29, 1.82) is 5.26 Å². The Hall–Kier alpha value is -3.91. The predicted molar refractivity (Wildman–Crippen MR) is 135 cm³/mol. The Bertz CT molecular complexity index is 1470. The molecule has 5 rings (SSSR count). The second kappa shape index (κ2) is 8.14. The van der Waals surface area contributed by atoms with E-state index in [-0.39, 0.29) is 5.69 Å². The Labute approximate surface area is 200 Å². The van der Waals surface area contributed by atoms with Gasteiger partial charge in [-0.1, -0.05) is 37.3 Å². The molecule has 0 saturated carbocycles. The molecule has 0 saturated heterocycles. The van der Waals surface area contributed by atoms with E-state index in [9.17, 15) is 10.1 Å². The van der Waals surface area contributed by atoms with Crippen molar-refractivity contribution in [2.75, 3.05) is 0 Å². The van der Waals surface area contributed by atoms with Crippen molar-refractivity contribution < 1.29 is 0 Å². The van der Waals surface area contributed by atoms with Gasteiger partial charge in [-0.15, -0.1) is 0 Å². The number of imidazole rings is 1. The van der Waals surface area contributed by atoms with Gasteiger partial charge in [0.15, 0.2) is 0 Å². The van der Waals surface area contributed by atoms with Crippen LogP contribution in [-0.2, 0) is 12.5 Å². The highest BCUT2D eigenvalue weighted by molar-refractivity contribution is 5.80. The van der Waals surface area contributed by atoms with E-state index in [2.05, 4.69) is 48.7 Å². The van der Waals surface area contributed by atoms with Gasteiger partial charge < -0.3 is 4.57 Å². The third kappa shape index (κ3) is 3.97. The van der Waals surface area contributed by atoms with Gasteiger partial charge in [-0.3, -0.25) is 9.55 Å². The summed E-state index contributed by atoms with van der Waals surface area (Å²) >= 11 is 0. The lowest BCUT2D eigenvalue weighted by Crippen LogP contribution is -2.21. The summed E-state index contributed by atoms with van der Waals surface area (Å²) in [6.45, 7) is 6.01. The van der Waals surface area contributed by atoms with Gasteiger partial charge in [0.1, 0.15) is 0 Å². The number of aromatic nitrogens is 3. The molecule has 34 heavy (non-hydrogen) atoms. The lowest BCUT2D eigenvalue weighted by Gasteiger charge is -2.18. The number of rotatable bonds is 5. The Morgan fingerprint density at radius 3 is 2.56 bits per heavy atom. The fourth-order valence-electron chi connectivity index (χ4n) is 4.47. The van der Waals surface area contributed by atoms with E-state index >= 15 is 0 Å². The van der Waals surface area contributed by atoms with E-state index in [1.807, 2.05) is 50.4 Å². The van der Waals surface area contributed by atoms with Crippen LogP contribution >= 0.6 is 0 Å². The standard InChI is InChI=1S/C29H27N4O/c1-19-13-22(20-5-6-20)15-23(14-19)21-11-12-31-26(16-21)27-17-32(4)28(34)33(27)25-9-7-24(8-10-25)29(2,3)18-30/h5-12,14-17,19H,13H2,1-4H3. The summed E-state index contributed by atoms with van der Waals surface area (Å²) in [4.78, 5) is 17.7. The Kier molecular flexibility index (Phi) is 5.25. The number of pyridine rings is 1. The van der Waals surface area contributed by atoms with E-state index < -0.39 is 5.41 Å². The second-order valence-electron chi connectivity index (χ2n) is 9.72. The first kappa shape index (κ1) is 21.9. The van der Waals surface area contributed by atoms with Crippen molar-refractivity contribution in [1.82, 2.24) is 14.1 Å². The molecule has 0 fully saturated rings. The second-order valence-corrected chi connectivity index (χ2v) is 9.72. The highest BCUT2D eigenvalue weighted by atomic mass is 16.1. The monoisotopic (exact) mass is 447 g/mol. The molecular formula is C29H27N4O. The number of benzene rings is 1. The smallest absolute Gasteiger partial charge is 0.301 e. The van der Waals surface area contributed by atoms with Gasteiger partial charge in [-0.25, -0.2) is 4.79 Å². The molecule has 5 heteroatoms. The number of nitriles is 1. The average molecular weight is 448 g/mol. The third-order valence-electron chi connectivity index (χ3n) is 6.57. The van der Waals surface area contributed by atoms with Gasteiger partial charge in [-0.05, 0) is 78.3 Å². The molecule has 2 aromatic heterocycles. The van der Waals surface area contributed by atoms with Crippen molar-refractivity contribution in [3.8, 4) is 23.1 Å². The molecule has 1 radical (unpaired) electrons. The molecule has 2 aliphatic rings. The highest BCUT2D eigenvalue weighted by Gasteiger charge is 2.22. The van der Waals surface area contributed by atoms with Crippen LogP contribution in [0.4, 0.5) is 0 Å². The van der Waals surface area contributed by atoms with Crippen LogP contribution < -0.4 is 5.69 Å². The first-order valence-corrected chi connectivity index (χ1v) is 11.5. The molecule has 1 aromatic carbocycles. The maximum Gasteiger partial charge on any atom is 0.333 e. The number of aryl methyl sites for hydroxylation is 1. The van der Waals surface area contributed by atoms with Crippen molar-refractivity contribution >= 4 is 5.57 Å². The van der Waals surface area contributed by atoms with Crippen LogP contribution in [0.1, 0.15) is 38.3 Å². The number of hydrogen-bond acceptors (Lipinski definition) is 3. The Balaban J connectivity index is 1.57. The van der Waals surface area contributed by atoms with Crippen LogP contribution in [-0.4, -0.2) is 14.1 Å². The summed E-state index contributed by atoms with van der Waals surface area (Å²) in [5.41, 5.74) is 7.38. The zero-order valence-corrected chi connectivity index (χ0v) is 19.9. The van der Waals surface area contributed by atoms with Crippen LogP contribution in [0.3, 0.4) is 0 Å². The fraction of sp³-hybridized carbons (Fsp3) is 0.241. The van der Waals surface area contributed by atoms with E-state index in [4.69, 9.17) is 0 Å². The van der Waals surface area contributed by atoms with Crippen LogP contribution in [0.5, 0.6) is 0 Å². The zero-order chi connectivity index (χ0) is 24.0. The van der Waals surface area contributed by atoms with Crippen LogP contribution in [0.15, 0.2) is 83.0 Å². The summed E-state index contributed by atoms with van der Waals surface area (Å²) in [6, 6.07) is 14.0. The minimum Gasteiger partial charge on any atom is -0.301 e. The fourth-order valence-corrected chi connectivity index (χ4v) is 4.47. The molecule has 2 heterocycles. The SMILES string of the molecule is CC1C=C(c2ccnc(-c3cn(C)c(=O)n3-c3ccc(C(C)(C)C#N)cc3)c2)C=C(C2=C[CH]2)C1. The minimum atomic E-state index is -0.593. The predicted octanol–water partition coefficient (Wildman–Crippen LogP) is 5.53. The maximum absolute atomic E-state index is 13.1. The van der Waals surface area contributed by atoms with E-state index in [0.717, 1.165) is 34.6 Å². The van der Waals surface area contributed by atoms with E-state index in [1.54, 1.807) is 22.4 Å². The number of nitrogens with zero attached hydrogens (tertiary/aromatic N) is 4. The lowest BCUT2D eigenvalue weighted by molar-refractivity contribution is 0.686. The highest BCUT2D eigenvalue weighted by Crippen LogP contribution is 2.38. The molecule has 0 N–H and O–H groups in total. The Morgan fingerprint density at radius 1 is 1.15 bits per heavy atom. The van der Waals surface area contributed by atoms with Crippen molar-refractivity contribution in [3.05, 3.63) is 106 Å². The molecule has 0 amide bonds. The molecule has 169 valence electrons. The van der Waals surface area contributed by atoms with Crippen LogP contribution in [0, 0.1) is 23.7 Å². The molecule has 1 atom stereocenters. The van der Waals surface area contributed by atoms with Gasteiger partial charge in [-0.2, -0.15) is 5.26 Å². The molecule has 3 aromatic rings. The van der Waals surface area contributed by atoms with Crippen molar-refractivity contribution in [3.63, 3.8) is 0 Å². The summed E-state index contributed by atoms with van der Waals surface area (Å²) < 4.78 is 3.25. The first-order chi connectivity index (χ1) is 16.3. The summed E-state index contributed by atoms with van der Waals surface area (Å²) in [6.07, 6.45) is 13.6.